The fraction of sp³-hybridized carbons (Fsp3) is 0.640. The predicted molar refractivity (Wildman–Crippen MR) is 112 cm³/mol. The average molecular weight is 366 g/mol. The van der Waals surface area contributed by atoms with Gasteiger partial charge in [0.1, 0.15) is 0 Å². The van der Waals surface area contributed by atoms with Crippen LogP contribution in [0.15, 0.2) is 36.4 Å². The predicted octanol–water partition coefficient (Wildman–Crippen LogP) is 6.62. The van der Waals surface area contributed by atoms with Crippen LogP contribution in [0.25, 0.3) is 0 Å². The fourth-order valence-electron chi connectivity index (χ4n) is 5.11. The first kappa shape index (κ1) is 20.2. The van der Waals surface area contributed by atoms with E-state index in [-0.39, 0.29) is 0 Å². The summed E-state index contributed by atoms with van der Waals surface area (Å²) in [6, 6.07) is 10.5. The van der Waals surface area contributed by atoms with Gasteiger partial charge in [0.25, 0.3) is 0 Å². The zero-order valence-electron chi connectivity index (χ0n) is 16.9. The monoisotopic (exact) mass is 365 g/mol. The lowest BCUT2D eigenvalue weighted by molar-refractivity contribution is 0.160. The topological polar surface area (TPSA) is 33.0 Å². The second kappa shape index (κ2) is 10.7. The Morgan fingerprint density at radius 1 is 0.963 bits per heavy atom. The van der Waals surface area contributed by atoms with E-state index in [4.69, 9.17) is 10.00 Å². The molecule has 2 heteroatoms. The number of ether oxygens (including phenoxy) is 1. The molecule has 146 valence electrons. The minimum atomic E-state index is 0.705. The Bertz CT molecular complexity index is 611. The summed E-state index contributed by atoms with van der Waals surface area (Å²) in [6.45, 7) is 3.82. The van der Waals surface area contributed by atoms with E-state index in [9.17, 15) is 0 Å². The highest BCUT2D eigenvalue weighted by molar-refractivity contribution is 5.33. The zero-order chi connectivity index (χ0) is 18.9. The lowest BCUT2D eigenvalue weighted by Crippen LogP contribution is -2.25. The van der Waals surface area contributed by atoms with Crippen LogP contribution in [0.5, 0.6) is 0 Å². The molecule has 2 fully saturated rings. The van der Waals surface area contributed by atoms with E-state index in [0.717, 1.165) is 43.0 Å². The van der Waals surface area contributed by atoms with Crippen LogP contribution in [0.1, 0.15) is 81.8 Å². The molecule has 0 amide bonds. The second-order valence-corrected chi connectivity index (χ2v) is 8.52. The van der Waals surface area contributed by atoms with Crippen LogP contribution < -0.4 is 0 Å². The van der Waals surface area contributed by atoms with Gasteiger partial charge in [-0.1, -0.05) is 31.2 Å². The Balaban J connectivity index is 1.38. The van der Waals surface area contributed by atoms with Gasteiger partial charge in [-0.25, -0.2) is 0 Å². The highest BCUT2D eigenvalue weighted by Crippen LogP contribution is 2.44. The molecule has 0 N–H and O–H groups in total. The summed E-state index contributed by atoms with van der Waals surface area (Å²) in [5.74, 6) is 3.38. The summed E-state index contributed by atoms with van der Waals surface area (Å²) in [4.78, 5) is 0. The van der Waals surface area contributed by atoms with E-state index in [1.807, 2.05) is 12.1 Å². The Hall–Kier alpha value is -1.59. The van der Waals surface area contributed by atoms with Crippen molar-refractivity contribution in [3.8, 4) is 6.07 Å². The summed E-state index contributed by atoms with van der Waals surface area (Å²) >= 11 is 0. The standard InChI is InChI=1S/C25H35NO/c1-2-17-27-18-3-4-20-5-9-22(10-6-20)24-13-15-25(16-14-24)23-11-7-21(19-26)8-12-23/h3-4,7-8,11-12,20,22,24-25H,2,5-6,9-10,13-18H2,1H3/b4-3+. The first-order chi connectivity index (χ1) is 13.3. The Morgan fingerprint density at radius 3 is 2.19 bits per heavy atom. The molecule has 2 saturated carbocycles. The quantitative estimate of drug-likeness (QED) is 0.402. The van der Waals surface area contributed by atoms with E-state index in [2.05, 4.69) is 37.3 Å². The van der Waals surface area contributed by atoms with Crippen LogP contribution >= 0.6 is 0 Å². The smallest absolute Gasteiger partial charge is 0.0991 e. The van der Waals surface area contributed by atoms with Gasteiger partial charge in [0.2, 0.25) is 0 Å². The molecule has 0 unspecified atom stereocenters. The third kappa shape index (κ3) is 5.94. The molecule has 1 aromatic carbocycles. The third-order valence-electron chi connectivity index (χ3n) is 6.74. The van der Waals surface area contributed by atoms with Crippen molar-refractivity contribution < 1.29 is 4.74 Å². The molecule has 0 saturated heterocycles. The number of hydrogen-bond acceptors (Lipinski definition) is 2. The van der Waals surface area contributed by atoms with Crippen LogP contribution in [0.3, 0.4) is 0 Å². The molecule has 0 spiro atoms. The number of benzene rings is 1. The molecule has 2 aliphatic rings. The summed E-state index contributed by atoms with van der Waals surface area (Å²) < 4.78 is 5.55. The van der Waals surface area contributed by atoms with E-state index in [0.29, 0.717) is 5.92 Å². The second-order valence-electron chi connectivity index (χ2n) is 8.52. The largest absolute Gasteiger partial charge is 0.377 e. The maximum absolute atomic E-state index is 8.96. The van der Waals surface area contributed by atoms with E-state index in [1.54, 1.807) is 0 Å². The van der Waals surface area contributed by atoms with Crippen LogP contribution in [0, 0.1) is 29.1 Å². The van der Waals surface area contributed by atoms with Crippen molar-refractivity contribution >= 4 is 0 Å². The van der Waals surface area contributed by atoms with Gasteiger partial charge in [0.05, 0.1) is 18.2 Å². The Morgan fingerprint density at radius 2 is 1.59 bits per heavy atom. The Labute approximate surface area is 165 Å². The molecule has 0 bridgehead atoms. The molecule has 0 aliphatic heterocycles. The SMILES string of the molecule is CCCOC/C=C/C1CCC(C2CCC(c3ccc(C#N)cc3)CC2)CC1. The third-order valence-corrected chi connectivity index (χ3v) is 6.74. The molecule has 2 nitrogen and oxygen atoms in total. The lowest BCUT2D eigenvalue weighted by atomic mass is 9.68. The Kier molecular flexibility index (Phi) is 7.96. The minimum Gasteiger partial charge on any atom is -0.377 e. The van der Waals surface area contributed by atoms with Crippen molar-refractivity contribution in [3.05, 3.63) is 47.5 Å². The van der Waals surface area contributed by atoms with Crippen molar-refractivity contribution in [1.82, 2.24) is 0 Å². The zero-order valence-corrected chi connectivity index (χ0v) is 16.9. The summed E-state index contributed by atoms with van der Waals surface area (Å²) in [6.07, 6.45) is 16.7. The first-order valence-electron chi connectivity index (χ1n) is 11.0. The number of nitriles is 1. The fourth-order valence-corrected chi connectivity index (χ4v) is 5.11. The van der Waals surface area contributed by atoms with E-state index < -0.39 is 0 Å². The van der Waals surface area contributed by atoms with Crippen molar-refractivity contribution in [2.45, 2.75) is 70.6 Å². The van der Waals surface area contributed by atoms with E-state index >= 15 is 0 Å². The maximum atomic E-state index is 8.96. The molecular formula is C25H35NO. The normalized spacial score (nSPS) is 28.9. The van der Waals surface area contributed by atoms with Crippen molar-refractivity contribution in [3.63, 3.8) is 0 Å². The van der Waals surface area contributed by atoms with Crippen molar-refractivity contribution in [2.75, 3.05) is 13.2 Å². The van der Waals surface area contributed by atoms with E-state index in [1.165, 1.54) is 56.9 Å². The van der Waals surface area contributed by atoms with Crippen LogP contribution in [-0.2, 0) is 4.74 Å². The van der Waals surface area contributed by atoms with Crippen molar-refractivity contribution in [1.29, 1.82) is 5.26 Å². The highest BCUT2D eigenvalue weighted by atomic mass is 16.5. The number of allylic oxidation sites excluding steroid dienone is 1. The molecular weight excluding hydrogens is 330 g/mol. The van der Waals surface area contributed by atoms with Gasteiger partial charge < -0.3 is 4.74 Å². The molecule has 0 radical (unpaired) electrons. The highest BCUT2D eigenvalue weighted by Gasteiger charge is 2.30. The summed E-state index contributed by atoms with van der Waals surface area (Å²) in [5, 5.41) is 8.96. The molecule has 0 heterocycles. The van der Waals surface area contributed by atoms with Gasteiger partial charge in [0.15, 0.2) is 0 Å². The molecule has 1 aromatic rings. The minimum absolute atomic E-state index is 0.705. The van der Waals surface area contributed by atoms with Gasteiger partial charge in [0, 0.05) is 6.61 Å². The van der Waals surface area contributed by atoms with Gasteiger partial charge in [-0.3, -0.25) is 0 Å². The average Bonchev–Trinajstić information content (AvgIpc) is 2.74. The number of nitrogens with zero attached hydrogens (tertiary/aromatic N) is 1. The van der Waals surface area contributed by atoms with Crippen LogP contribution in [0.2, 0.25) is 0 Å². The molecule has 0 atom stereocenters. The maximum Gasteiger partial charge on any atom is 0.0991 e. The number of rotatable bonds is 7. The van der Waals surface area contributed by atoms with Crippen LogP contribution in [-0.4, -0.2) is 13.2 Å². The molecule has 0 aromatic heterocycles. The van der Waals surface area contributed by atoms with Crippen molar-refractivity contribution in [2.24, 2.45) is 17.8 Å². The first-order valence-corrected chi connectivity index (χ1v) is 11.0. The molecule has 27 heavy (non-hydrogen) atoms. The van der Waals surface area contributed by atoms with Crippen LogP contribution in [0.4, 0.5) is 0 Å². The molecule has 3 rings (SSSR count). The molecule has 2 aliphatic carbocycles. The number of hydrogen-bond donors (Lipinski definition) is 0. The lowest BCUT2D eigenvalue weighted by Gasteiger charge is -2.37. The summed E-state index contributed by atoms with van der Waals surface area (Å²) in [7, 11) is 0. The summed E-state index contributed by atoms with van der Waals surface area (Å²) in [5.41, 5.74) is 2.21. The van der Waals surface area contributed by atoms with Gasteiger partial charge in [-0.15, -0.1) is 0 Å². The van der Waals surface area contributed by atoms with Gasteiger partial charge in [-0.2, -0.15) is 5.26 Å². The van der Waals surface area contributed by atoms with Gasteiger partial charge >= 0.3 is 0 Å². The van der Waals surface area contributed by atoms with Gasteiger partial charge in [-0.05, 0) is 99.2 Å².